The molecule has 0 aromatic heterocycles. The maximum absolute atomic E-state index is 12.8. The second kappa shape index (κ2) is 11.4. The predicted molar refractivity (Wildman–Crippen MR) is 126 cm³/mol. The molecule has 2 unspecified atom stereocenters. The van der Waals surface area contributed by atoms with Gasteiger partial charge in [0.15, 0.2) is 11.4 Å². The molecule has 8 heteroatoms. The fraction of sp³-hybridized carbons (Fsp3) is 0.423. The fourth-order valence-electron chi connectivity index (χ4n) is 3.78. The van der Waals surface area contributed by atoms with Crippen molar-refractivity contribution in [3.8, 4) is 0 Å². The van der Waals surface area contributed by atoms with Gasteiger partial charge in [-0.15, -0.1) is 0 Å². The highest BCUT2D eigenvalue weighted by molar-refractivity contribution is 6.00. The van der Waals surface area contributed by atoms with Crippen molar-refractivity contribution in [1.82, 2.24) is 10.6 Å². The standard InChI is InChI=1S/C26H32N2O6/c1-17(2)11-21(23(31)26(15-30)16-34-26)27-25(33)22(14-29)28-24(32)20-10-6-9-19(13-20)12-18-7-4-3-5-8-18/h3-10,13,17,21-22,29-30H,11-12,14-16H2,1-2H3,(H,27,33)(H,28,32)/t21?,22-,26?/m0/s1. The highest BCUT2D eigenvalue weighted by atomic mass is 16.6. The summed E-state index contributed by atoms with van der Waals surface area (Å²) >= 11 is 0. The number of epoxide rings is 1. The molecule has 34 heavy (non-hydrogen) atoms. The maximum Gasteiger partial charge on any atom is 0.252 e. The molecule has 0 spiro atoms. The average molecular weight is 469 g/mol. The van der Waals surface area contributed by atoms with Crippen LogP contribution in [-0.4, -0.2) is 65.3 Å². The van der Waals surface area contributed by atoms with Crippen molar-refractivity contribution in [2.75, 3.05) is 19.8 Å². The first kappa shape index (κ1) is 25.6. The van der Waals surface area contributed by atoms with Crippen LogP contribution in [0.4, 0.5) is 0 Å². The first-order valence-electron chi connectivity index (χ1n) is 11.4. The van der Waals surface area contributed by atoms with E-state index in [0.29, 0.717) is 18.4 Å². The van der Waals surface area contributed by atoms with E-state index in [4.69, 9.17) is 4.74 Å². The molecule has 1 fully saturated rings. The summed E-state index contributed by atoms with van der Waals surface area (Å²) in [5.74, 6) is -1.51. The lowest BCUT2D eigenvalue weighted by atomic mass is 9.92. The number of ether oxygens (including phenoxy) is 1. The minimum Gasteiger partial charge on any atom is -0.394 e. The van der Waals surface area contributed by atoms with Crippen LogP contribution in [0.25, 0.3) is 0 Å². The number of Topliss-reactive ketones (excluding diaryl/α,β-unsaturated/α-hetero) is 1. The number of ketones is 1. The molecule has 2 aromatic rings. The normalized spacial score (nSPS) is 18.7. The van der Waals surface area contributed by atoms with Crippen molar-refractivity contribution in [2.24, 2.45) is 5.92 Å². The van der Waals surface area contributed by atoms with Crippen molar-refractivity contribution in [2.45, 2.75) is 44.4 Å². The molecule has 0 radical (unpaired) electrons. The number of rotatable bonds is 12. The van der Waals surface area contributed by atoms with Gasteiger partial charge in [-0.25, -0.2) is 0 Å². The van der Waals surface area contributed by atoms with Gasteiger partial charge < -0.3 is 25.6 Å². The van der Waals surface area contributed by atoms with Gasteiger partial charge >= 0.3 is 0 Å². The summed E-state index contributed by atoms with van der Waals surface area (Å²) in [5.41, 5.74) is 1.13. The molecule has 1 saturated heterocycles. The van der Waals surface area contributed by atoms with E-state index in [1.807, 2.05) is 50.2 Å². The molecule has 3 atom stereocenters. The number of carbonyl (C=O) groups excluding carboxylic acids is 3. The Bertz CT molecular complexity index is 1000. The first-order chi connectivity index (χ1) is 16.3. The Morgan fingerprint density at radius 1 is 0.971 bits per heavy atom. The highest BCUT2D eigenvalue weighted by Crippen LogP contribution is 2.30. The molecular formula is C26H32N2O6. The number of nitrogens with one attached hydrogen (secondary N) is 2. The average Bonchev–Trinajstić information content (AvgIpc) is 3.63. The van der Waals surface area contributed by atoms with Crippen LogP contribution in [-0.2, 0) is 20.7 Å². The topological polar surface area (TPSA) is 128 Å². The number of carbonyl (C=O) groups is 3. The number of aliphatic hydroxyl groups excluding tert-OH is 2. The summed E-state index contributed by atoms with van der Waals surface area (Å²) in [6.45, 7) is 2.81. The molecule has 0 aliphatic carbocycles. The van der Waals surface area contributed by atoms with Gasteiger partial charge in [0.1, 0.15) is 6.04 Å². The summed E-state index contributed by atoms with van der Waals surface area (Å²) in [4.78, 5) is 38.5. The van der Waals surface area contributed by atoms with E-state index in [9.17, 15) is 24.6 Å². The predicted octanol–water partition coefficient (Wildman–Crippen LogP) is 1.23. The Labute approximate surface area is 199 Å². The van der Waals surface area contributed by atoms with Crippen molar-refractivity contribution >= 4 is 17.6 Å². The quantitative estimate of drug-likeness (QED) is 0.347. The molecule has 1 aliphatic heterocycles. The van der Waals surface area contributed by atoms with Crippen LogP contribution in [0.2, 0.25) is 0 Å². The number of hydrogen-bond donors (Lipinski definition) is 4. The van der Waals surface area contributed by atoms with Gasteiger partial charge in [0, 0.05) is 5.56 Å². The van der Waals surface area contributed by atoms with E-state index in [1.165, 1.54) is 0 Å². The molecular weight excluding hydrogens is 436 g/mol. The zero-order valence-electron chi connectivity index (χ0n) is 19.5. The number of hydrogen-bond acceptors (Lipinski definition) is 6. The van der Waals surface area contributed by atoms with Gasteiger partial charge in [0.05, 0.1) is 25.9 Å². The molecule has 4 N–H and O–H groups in total. The molecule has 2 aromatic carbocycles. The zero-order chi connectivity index (χ0) is 24.7. The van der Waals surface area contributed by atoms with Gasteiger partial charge in [0.2, 0.25) is 5.91 Å². The van der Waals surface area contributed by atoms with Gasteiger partial charge in [-0.1, -0.05) is 56.3 Å². The highest BCUT2D eigenvalue weighted by Gasteiger charge is 2.54. The lowest BCUT2D eigenvalue weighted by molar-refractivity contribution is -0.133. The van der Waals surface area contributed by atoms with Crippen LogP contribution in [0.1, 0.15) is 41.8 Å². The van der Waals surface area contributed by atoms with Crippen molar-refractivity contribution in [3.05, 3.63) is 71.3 Å². The lowest BCUT2D eigenvalue weighted by Crippen LogP contribution is -2.55. The van der Waals surface area contributed by atoms with Crippen LogP contribution in [0, 0.1) is 5.92 Å². The van der Waals surface area contributed by atoms with Gasteiger partial charge in [-0.2, -0.15) is 0 Å². The number of amides is 2. The van der Waals surface area contributed by atoms with E-state index in [0.717, 1.165) is 11.1 Å². The summed E-state index contributed by atoms with van der Waals surface area (Å²) < 4.78 is 5.14. The Morgan fingerprint density at radius 3 is 2.24 bits per heavy atom. The number of benzene rings is 2. The molecule has 0 bridgehead atoms. The fourth-order valence-corrected chi connectivity index (χ4v) is 3.78. The van der Waals surface area contributed by atoms with Crippen LogP contribution >= 0.6 is 0 Å². The molecule has 1 aliphatic rings. The Morgan fingerprint density at radius 2 is 1.65 bits per heavy atom. The minimum absolute atomic E-state index is 0.0817. The summed E-state index contributed by atoms with van der Waals surface area (Å²) in [7, 11) is 0. The van der Waals surface area contributed by atoms with Gasteiger partial charge in [-0.3, -0.25) is 14.4 Å². The third-order valence-electron chi connectivity index (χ3n) is 5.78. The van der Waals surface area contributed by atoms with Crippen LogP contribution in [0.15, 0.2) is 54.6 Å². The lowest BCUT2D eigenvalue weighted by Gasteiger charge is -2.24. The van der Waals surface area contributed by atoms with Crippen LogP contribution < -0.4 is 10.6 Å². The molecule has 2 amide bonds. The second-order valence-electron chi connectivity index (χ2n) is 9.07. The largest absolute Gasteiger partial charge is 0.394 e. The van der Waals surface area contributed by atoms with Gasteiger partial charge in [0.25, 0.3) is 5.91 Å². The van der Waals surface area contributed by atoms with Crippen molar-refractivity contribution in [3.63, 3.8) is 0 Å². The van der Waals surface area contributed by atoms with Gasteiger partial charge in [-0.05, 0) is 42.0 Å². The number of aliphatic hydroxyl groups is 2. The van der Waals surface area contributed by atoms with Crippen LogP contribution in [0.5, 0.6) is 0 Å². The van der Waals surface area contributed by atoms with Crippen LogP contribution in [0.3, 0.4) is 0 Å². The third-order valence-corrected chi connectivity index (χ3v) is 5.78. The Balaban J connectivity index is 1.66. The molecule has 3 rings (SSSR count). The second-order valence-corrected chi connectivity index (χ2v) is 9.07. The van der Waals surface area contributed by atoms with E-state index in [1.54, 1.807) is 18.2 Å². The molecule has 182 valence electrons. The molecule has 1 heterocycles. The Kier molecular flexibility index (Phi) is 8.55. The summed E-state index contributed by atoms with van der Waals surface area (Å²) in [5, 5.41) is 24.4. The Hall–Kier alpha value is -3.07. The van der Waals surface area contributed by atoms with E-state index in [2.05, 4.69) is 10.6 Å². The van der Waals surface area contributed by atoms with Crippen molar-refractivity contribution < 1.29 is 29.3 Å². The monoisotopic (exact) mass is 468 g/mol. The maximum atomic E-state index is 12.8. The van der Waals surface area contributed by atoms with E-state index in [-0.39, 0.29) is 12.5 Å². The minimum atomic E-state index is -1.27. The summed E-state index contributed by atoms with van der Waals surface area (Å²) in [6, 6.07) is 14.8. The van der Waals surface area contributed by atoms with E-state index >= 15 is 0 Å². The van der Waals surface area contributed by atoms with Crippen molar-refractivity contribution in [1.29, 1.82) is 0 Å². The molecule has 0 saturated carbocycles. The zero-order valence-corrected chi connectivity index (χ0v) is 19.5. The third kappa shape index (κ3) is 6.50. The SMILES string of the molecule is CC(C)CC(NC(=O)[C@H](CO)NC(=O)c1cccc(Cc2ccccc2)c1)C(=O)C1(CO)CO1. The molecule has 8 nitrogen and oxygen atoms in total. The smallest absolute Gasteiger partial charge is 0.252 e. The summed E-state index contributed by atoms with van der Waals surface area (Å²) in [6.07, 6.45) is 0.989. The van der Waals surface area contributed by atoms with E-state index < -0.39 is 48.5 Å². The first-order valence-corrected chi connectivity index (χ1v) is 11.4.